The van der Waals surface area contributed by atoms with Crippen LogP contribution in [0.4, 0.5) is 0 Å². The summed E-state index contributed by atoms with van der Waals surface area (Å²) < 4.78 is 6.72. The summed E-state index contributed by atoms with van der Waals surface area (Å²) in [6.07, 6.45) is 4.37. The van der Waals surface area contributed by atoms with E-state index in [9.17, 15) is 19.5 Å². The van der Waals surface area contributed by atoms with Crippen LogP contribution >= 0.6 is 0 Å². The summed E-state index contributed by atoms with van der Waals surface area (Å²) in [5, 5.41) is 16.3. The lowest BCUT2D eigenvalue weighted by molar-refractivity contribution is -0.152. The minimum atomic E-state index is -1.04. The van der Waals surface area contributed by atoms with Gasteiger partial charge in [0.05, 0.1) is 30.1 Å². The summed E-state index contributed by atoms with van der Waals surface area (Å²) in [4.78, 5) is 42.7. The third-order valence-electron chi connectivity index (χ3n) is 8.12. The summed E-state index contributed by atoms with van der Waals surface area (Å²) in [5.41, 5.74) is -1.77. The van der Waals surface area contributed by atoms with E-state index < -0.39 is 35.1 Å². The molecule has 0 aromatic heterocycles. The number of aliphatic hydroxyl groups excluding tert-OH is 1. The van der Waals surface area contributed by atoms with E-state index in [0.717, 1.165) is 19.3 Å². The van der Waals surface area contributed by atoms with Crippen molar-refractivity contribution in [3.05, 3.63) is 0 Å². The van der Waals surface area contributed by atoms with Crippen molar-refractivity contribution < 1.29 is 24.2 Å². The summed E-state index contributed by atoms with van der Waals surface area (Å²) in [6, 6.07) is -1.41. The molecule has 3 rings (SSSR count). The van der Waals surface area contributed by atoms with E-state index >= 15 is 0 Å². The van der Waals surface area contributed by atoms with Gasteiger partial charge in [0, 0.05) is 12.6 Å². The van der Waals surface area contributed by atoms with Crippen molar-refractivity contribution >= 4 is 17.7 Å². The lowest BCUT2D eigenvalue weighted by atomic mass is 9.65. The highest BCUT2D eigenvalue weighted by molar-refractivity contribution is 5.99. The predicted octanol–water partition coefficient (Wildman–Crippen LogP) is 1.99. The van der Waals surface area contributed by atoms with Gasteiger partial charge in [0.25, 0.3) is 0 Å². The van der Waals surface area contributed by atoms with Crippen LogP contribution in [-0.2, 0) is 19.1 Å². The van der Waals surface area contributed by atoms with Gasteiger partial charge in [-0.25, -0.2) is 0 Å². The van der Waals surface area contributed by atoms with Crippen LogP contribution in [0, 0.1) is 17.8 Å². The molecule has 0 aromatic carbocycles. The number of nitrogens with one attached hydrogen (secondary N) is 2. The van der Waals surface area contributed by atoms with Crippen molar-refractivity contribution in [1.29, 1.82) is 0 Å². The molecule has 8 nitrogen and oxygen atoms in total. The van der Waals surface area contributed by atoms with Gasteiger partial charge in [0.15, 0.2) is 0 Å². The fourth-order valence-electron chi connectivity index (χ4n) is 6.52. The molecule has 3 aliphatic heterocycles. The molecule has 3 amide bonds. The van der Waals surface area contributed by atoms with Crippen molar-refractivity contribution in [1.82, 2.24) is 15.5 Å². The molecule has 0 aliphatic carbocycles. The zero-order valence-electron chi connectivity index (χ0n) is 21.1. The number of aliphatic hydroxyl groups is 1. The summed E-state index contributed by atoms with van der Waals surface area (Å²) in [5.74, 6) is -2.04. The summed E-state index contributed by atoms with van der Waals surface area (Å²) in [7, 11) is 0. The Morgan fingerprint density at radius 3 is 2.39 bits per heavy atom. The Kier molecular flexibility index (Phi) is 7.79. The van der Waals surface area contributed by atoms with Gasteiger partial charge in [-0.15, -0.1) is 0 Å². The van der Waals surface area contributed by atoms with Crippen molar-refractivity contribution in [2.45, 2.75) is 109 Å². The normalized spacial score (nSPS) is 34.5. The Morgan fingerprint density at radius 1 is 1.15 bits per heavy atom. The molecule has 0 aromatic rings. The standard InChI is InChI=1S/C25H43N3O5/c1-7-10-16(6)27-22(31)20-25-12-11-24(9-3,33-25)18(21(30)26-13-8-2)19(25)23(32)28(20)17(14-29)15(4)5/h15-20,29H,7-14H2,1-6H3,(H,26,30)(H,27,31)/t16?,17-,18-,19-,20?,24+,25?/m0/s1. The van der Waals surface area contributed by atoms with Gasteiger partial charge in [0.1, 0.15) is 11.6 Å². The van der Waals surface area contributed by atoms with Gasteiger partial charge in [-0.05, 0) is 44.9 Å². The lowest BCUT2D eigenvalue weighted by Crippen LogP contribution is -2.60. The molecule has 3 fully saturated rings. The van der Waals surface area contributed by atoms with Crippen LogP contribution in [0.5, 0.6) is 0 Å². The van der Waals surface area contributed by atoms with Crippen molar-refractivity contribution in [2.24, 2.45) is 17.8 Å². The topological polar surface area (TPSA) is 108 Å². The highest BCUT2D eigenvalue weighted by Crippen LogP contribution is 2.64. The van der Waals surface area contributed by atoms with E-state index in [1.807, 2.05) is 34.6 Å². The number of ether oxygens (including phenoxy) is 1. The van der Waals surface area contributed by atoms with E-state index in [1.165, 1.54) is 0 Å². The number of carbonyl (C=O) groups is 3. The van der Waals surface area contributed by atoms with E-state index in [4.69, 9.17) is 4.74 Å². The molecule has 3 saturated heterocycles. The van der Waals surface area contributed by atoms with E-state index in [0.29, 0.717) is 25.8 Å². The zero-order valence-corrected chi connectivity index (χ0v) is 21.1. The lowest BCUT2D eigenvalue weighted by Gasteiger charge is -2.39. The maximum Gasteiger partial charge on any atom is 0.246 e. The number of carbonyl (C=O) groups excluding carboxylic acids is 3. The first-order chi connectivity index (χ1) is 15.6. The van der Waals surface area contributed by atoms with Crippen molar-refractivity contribution in [3.8, 4) is 0 Å². The van der Waals surface area contributed by atoms with E-state index in [-0.39, 0.29) is 36.3 Å². The number of likely N-dealkylation sites (tertiary alicyclic amines) is 1. The average Bonchev–Trinajstić information content (AvgIpc) is 3.36. The first-order valence-corrected chi connectivity index (χ1v) is 12.8. The maximum absolute atomic E-state index is 14.0. The Bertz CT molecular complexity index is 758. The van der Waals surface area contributed by atoms with E-state index in [1.54, 1.807) is 4.90 Å². The second-order valence-corrected chi connectivity index (χ2v) is 10.6. The Hall–Kier alpha value is -1.67. The molecular formula is C25H43N3O5. The molecule has 0 radical (unpaired) electrons. The quantitative estimate of drug-likeness (QED) is 0.433. The molecule has 3 unspecified atom stereocenters. The summed E-state index contributed by atoms with van der Waals surface area (Å²) in [6.45, 7) is 12.2. The number of nitrogens with zero attached hydrogens (tertiary/aromatic N) is 1. The van der Waals surface area contributed by atoms with Gasteiger partial charge in [-0.3, -0.25) is 14.4 Å². The average molecular weight is 466 g/mol. The van der Waals surface area contributed by atoms with E-state index in [2.05, 4.69) is 17.6 Å². The molecule has 3 aliphatic rings. The van der Waals surface area contributed by atoms with Gasteiger partial charge in [-0.2, -0.15) is 0 Å². The molecule has 7 atom stereocenters. The predicted molar refractivity (Wildman–Crippen MR) is 125 cm³/mol. The Morgan fingerprint density at radius 2 is 1.85 bits per heavy atom. The number of hydrogen-bond donors (Lipinski definition) is 3. The van der Waals surface area contributed by atoms with Crippen LogP contribution in [0.15, 0.2) is 0 Å². The first-order valence-electron chi connectivity index (χ1n) is 12.8. The minimum absolute atomic E-state index is 0.0380. The molecular weight excluding hydrogens is 422 g/mol. The fourth-order valence-corrected chi connectivity index (χ4v) is 6.52. The van der Waals surface area contributed by atoms with Gasteiger partial charge in [0.2, 0.25) is 17.7 Å². The van der Waals surface area contributed by atoms with Crippen LogP contribution in [-0.4, -0.2) is 70.2 Å². The molecule has 0 saturated carbocycles. The fraction of sp³-hybridized carbons (Fsp3) is 0.880. The second kappa shape index (κ2) is 9.90. The van der Waals surface area contributed by atoms with Crippen molar-refractivity contribution in [2.75, 3.05) is 13.2 Å². The zero-order chi connectivity index (χ0) is 24.6. The largest absolute Gasteiger partial charge is 0.394 e. The molecule has 8 heteroatoms. The minimum Gasteiger partial charge on any atom is -0.394 e. The number of rotatable bonds is 11. The summed E-state index contributed by atoms with van der Waals surface area (Å²) >= 11 is 0. The van der Waals surface area contributed by atoms with Crippen molar-refractivity contribution in [3.63, 3.8) is 0 Å². The Balaban J connectivity index is 2.08. The molecule has 1 spiro atoms. The second-order valence-electron chi connectivity index (χ2n) is 10.6. The van der Waals surface area contributed by atoms with Crippen LogP contribution in [0.2, 0.25) is 0 Å². The SMILES string of the molecule is CCCNC(=O)[C@@H]1[C@H]2C(=O)N([C@@H](CO)C(C)C)C(C(=O)NC(C)CCC)C23CC[C@@]1(CC)O3. The van der Waals surface area contributed by atoms with Crippen LogP contribution in [0.25, 0.3) is 0 Å². The monoisotopic (exact) mass is 465 g/mol. The Labute approximate surface area is 198 Å². The molecule has 3 heterocycles. The van der Waals surface area contributed by atoms with Crippen LogP contribution in [0.1, 0.15) is 80.1 Å². The first kappa shape index (κ1) is 25.9. The highest BCUT2D eigenvalue weighted by atomic mass is 16.5. The van der Waals surface area contributed by atoms with Gasteiger partial charge < -0.3 is 25.4 Å². The molecule has 188 valence electrons. The van der Waals surface area contributed by atoms with Crippen LogP contribution < -0.4 is 10.6 Å². The maximum atomic E-state index is 14.0. The molecule has 33 heavy (non-hydrogen) atoms. The van der Waals surface area contributed by atoms with Gasteiger partial charge in [-0.1, -0.05) is 41.0 Å². The third kappa shape index (κ3) is 4.07. The number of amides is 3. The molecule has 3 N–H and O–H groups in total. The van der Waals surface area contributed by atoms with Crippen LogP contribution in [0.3, 0.4) is 0 Å². The number of fused-ring (bicyclic) bond motifs is 1. The molecule has 2 bridgehead atoms. The van der Waals surface area contributed by atoms with Gasteiger partial charge >= 0.3 is 0 Å². The highest BCUT2D eigenvalue weighted by Gasteiger charge is 2.79. The third-order valence-corrected chi connectivity index (χ3v) is 8.12. The number of hydrogen-bond acceptors (Lipinski definition) is 5. The smallest absolute Gasteiger partial charge is 0.246 e.